The molecule has 0 saturated carbocycles. The van der Waals surface area contributed by atoms with E-state index in [2.05, 4.69) is 15.4 Å². The van der Waals surface area contributed by atoms with Gasteiger partial charge in [-0.3, -0.25) is 4.79 Å². The van der Waals surface area contributed by atoms with Crippen LogP contribution in [-0.4, -0.2) is 39.3 Å². The molecule has 8 heteroatoms. The summed E-state index contributed by atoms with van der Waals surface area (Å²) in [5.74, 6) is 1.45. The number of hydrogen-bond donors (Lipinski definition) is 1. The highest BCUT2D eigenvalue weighted by Crippen LogP contribution is 2.22. The predicted octanol–water partition coefficient (Wildman–Crippen LogP) is 2.68. The lowest BCUT2D eigenvalue weighted by Crippen LogP contribution is -2.25. The van der Waals surface area contributed by atoms with Crippen LogP contribution in [0, 0.1) is 5.41 Å². The molecule has 0 radical (unpaired) electrons. The van der Waals surface area contributed by atoms with Gasteiger partial charge >= 0.3 is 5.97 Å². The van der Waals surface area contributed by atoms with Crippen molar-refractivity contribution in [3.05, 3.63) is 54.1 Å². The molecule has 3 aromatic rings. The minimum Gasteiger partial charge on any atom is -0.492 e. The molecule has 0 atom stereocenters. The van der Waals surface area contributed by atoms with Crippen LogP contribution < -0.4 is 15.2 Å². The van der Waals surface area contributed by atoms with E-state index in [9.17, 15) is 4.79 Å². The number of esters is 1. The van der Waals surface area contributed by atoms with Gasteiger partial charge in [0.1, 0.15) is 18.1 Å². The van der Waals surface area contributed by atoms with Crippen molar-refractivity contribution >= 4 is 5.97 Å². The molecule has 1 heterocycles. The maximum atomic E-state index is 12.0. The van der Waals surface area contributed by atoms with Crippen LogP contribution in [0.4, 0.5) is 0 Å². The predicted molar refractivity (Wildman–Crippen MR) is 108 cm³/mol. The number of benzene rings is 2. The second-order valence-corrected chi connectivity index (χ2v) is 7.59. The standard InChI is InChI=1S/C21H25N5O3/c1-21(2,3)20(27)29-17-9-7-16(8-10-17)19-23-25-26(24-19)14-15-5-4-6-18(13-15)28-12-11-22/h4-10,13H,11-12,14,22H2,1-3H3. The molecule has 0 saturated heterocycles. The van der Waals surface area contributed by atoms with E-state index < -0.39 is 5.41 Å². The molecule has 0 aliphatic carbocycles. The Balaban J connectivity index is 1.66. The minimum absolute atomic E-state index is 0.285. The van der Waals surface area contributed by atoms with E-state index in [0.29, 0.717) is 31.3 Å². The zero-order valence-electron chi connectivity index (χ0n) is 16.8. The van der Waals surface area contributed by atoms with Crippen molar-refractivity contribution < 1.29 is 14.3 Å². The van der Waals surface area contributed by atoms with Crippen LogP contribution in [0.25, 0.3) is 11.4 Å². The van der Waals surface area contributed by atoms with Gasteiger partial charge in [0.25, 0.3) is 0 Å². The molecule has 8 nitrogen and oxygen atoms in total. The summed E-state index contributed by atoms with van der Waals surface area (Å²) in [5.41, 5.74) is 6.68. The molecule has 0 unspecified atom stereocenters. The summed E-state index contributed by atoms with van der Waals surface area (Å²) in [6.45, 7) is 6.83. The summed E-state index contributed by atoms with van der Waals surface area (Å²) in [7, 11) is 0. The first-order chi connectivity index (χ1) is 13.8. The van der Waals surface area contributed by atoms with Crippen LogP contribution in [0.1, 0.15) is 26.3 Å². The van der Waals surface area contributed by atoms with Gasteiger partial charge in [0, 0.05) is 12.1 Å². The number of carbonyl (C=O) groups excluding carboxylic acids is 1. The number of ether oxygens (including phenoxy) is 2. The zero-order valence-corrected chi connectivity index (χ0v) is 16.8. The molecule has 2 aromatic carbocycles. The number of tetrazole rings is 1. The van der Waals surface area contributed by atoms with Crippen molar-refractivity contribution in [3.8, 4) is 22.9 Å². The number of nitrogens with zero attached hydrogens (tertiary/aromatic N) is 4. The summed E-state index contributed by atoms with van der Waals surface area (Å²) in [5, 5.41) is 12.6. The second-order valence-electron chi connectivity index (χ2n) is 7.59. The first-order valence-corrected chi connectivity index (χ1v) is 9.37. The van der Waals surface area contributed by atoms with E-state index in [1.165, 1.54) is 4.80 Å². The molecule has 2 N–H and O–H groups in total. The summed E-state index contributed by atoms with van der Waals surface area (Å²) in [6.07, 6.45) is 0. The van der Waals surface area contributed by atoms with Gasteiger partial charge in [-0.05, 0) is 67.9 Å². The third-order valence-electron chi connectivity index (χ3n) is 4.00. The second kappa shape index (κ2) is 8.83. The third-order valence-corrected chi connectivity index (χ3v) is 4.00. The van der Waals surface area contributed by atoms with E-state index in [1.807, 2.05) is 45.0 Å². The Hall–Kier alpha value is -3.26. The van der Waals surface area contributed by atoms with Crippen molar-refractivity contribution in [2.24, 2.45) is 11.1 Å². The van der Waals surface area contributed by atoms with Crippen molar-refractivity contribution in [2.75, 3.05) is 13.2 Å². The van der Waals surface area contributed by atoms with E-state index in [1.54, 1.807) is 24.3 Å². The van der Waals surface area contributed by atoms with Crippen LogP contribution in [0.15, 0.2) is 48.5 Å². The third kappa shape index (κ3) is 5.61. The van der Waals surface area contributed by atoms with Crippen LogP contribution >= 0.6 is 0 Å². The van der Waals surface area contributed by atoms with Gasteiger partial charge in [-0.2, -0.15) is 4.80 Å². The maximum Gasteiger partial charge on any atom is 0.316 e. The lowest BCUT2D eigenvalue weighted by atomic mass is 9.97. The lowest BCUT2D eigenvalue weighted by Gasteiger charge is -2.16. The van der Waals surface area contributed by atoms with E-state index in [-0.39, 0.29) is 5.97 Å². The monoisotopic (exact) mass is 395 g/mol. The minimum atomic E-state index is -0.560. The van der Waals surface area contributed by atoms with Gasteiger partial charge in [0.2, 0.25) is 5.82 Å². The van der Waals surface area contributed by atoms with Crippen molar-refractivity contribution in [2.45, 2.75) is 27.3 Å². The van der Waals surface area contributed by atoms with Gasteiger partial charge in [-0.25, -0.2) is 0 Å². The normalized spacial score (nSPS) is 11.3. The van der Waals surface area contributed by atoms with Gasteiger partial charge in [-0.15, -0.1) is 10.2 Å². The lowest BCUT2D eigenvalue weighted by molar-refractivity contribution is -0.142. The Bertz CT molecular complexity index is 961. The number of aromatic nitrogens is 4. The summed E-state index contributed by atoms with van der Waals surface area (Å²) >= 11 is 0. The molecule has 3 rings (SSSR count). The highest BCUT2D eigenvalue weighted by molar-refractivity contribution is 5.78. The molecule has 0 fully saturated rings. The molecule has 0 bridgehead atoms. The Morgan fingerprint density at radius 1 is 1.10 bits per heavy atom. The first-order valence-electron chi connectivity index (χ1n) is 9.37. The fourth-order valence-electron chi connectivity index (χ4n) is 2.43. The Morgan fingerprint density at radius 3 is 2.55 bits per heavy atom. The van der Waals surface area contributed by atoms with Crippen molar-refractivity contribution in [1.29, 1.82) is 0 Å². The van der Waals surface area contributed by atoms with Crippen molar-refractivity contribution in [1.82, 2.24) is 20.2 Å². The van der Waals surface area contributed by atoms with E-state index in [4.69, 9.17) is 15.2 Å². The largest absolute Gasteiger partial charge is 0.492 e. The fraction of sp³-hybridized carbons (Fsp3) is 0.333. The molecule has 152 valence electrons. The summed E-state index contributed by atoms with van der Waals surface area (Å²) < 4.78 is 10.9. The highest BCUT2D eigenvalue weighted by Gasteiger charge is 2.23. The van der Waals surface area contributed by atoms with E-state index in [0.717, 1.165) is 16.9 Å². The quantitative estimate of drug-likeness (QED) is 0.484. The zero-order chi connectivity index (χ0) is 20.9. The van der Waals surface area contributed by atoms with Gasteiger partial charge in [0.15, 0.2) is 0 Å². The number of hydrogen-bond acceptors (Lipinski definition) is 7. The van der Waals surface area contributed by atoms with Gasteiger partial charge < -0.3 is 15.2 Å². The van der Waals surface area contributed by atoms with E-state index >= 15 is 0 Å². The molecule has 0 aliphatic rings. The van der Waals surface area contributed by atoms with Gasteiger partial charge in [-0.1, -0.05) is 12.1 Å². The van der Waals surface area contributed by atoms with Crippen LogP contribution in [-0.2, 0) is 11.3 Å². The maximum absolute atomic E-state index is 12.0. The van der Waals surface area contributed by atoms with Gasteiger partial charge in [0.05, 0.1) is 12.0 Å². The average molecular weight is 395 g/mol. The smallest absolute Gasteiger partial charge is 0.316 e. The topological polar surface area (TPSA) is 105 Å². The first kappa shape index (κ1) is 20.5. The molecule has 0 spiro atoms. The van der Waals surface area contributed by atoms with Crippen LogP contribution in [0.3, 0.4) is 0 Å². The SMILES string of the molecule is CC(C)(C)C(=O)Oc1ccc(-c2nnn(Cc3cccc(OCCN)c3)n2)cc1. The highest BCUT2D eigenvalue weighted by atomic mass is 16.5. The molecule has 1 aromatic heterocycles. The summed E-state index contributed by atoms with van der Waals surface area (Å²) in [4.78, 5) is 13.5. The fourth-order valence-corrected chi connectivity index (χ4v) is 2.43. The molecule has 0 aliphatic heterocycles. The number of carbonyl (C=O) groups is 1. The molecule has 29 heavy (non-hydrogen) atoms. The molecule has 0 amide bonds. The van der Waals surface area contributed by atoms with Crippen molar-refractivity contribution in [3.63, 3.8) is 0 Å². The molecular weight excluding hydrogens is 370 g/mol. The molecular formula is C21H25N5O3. The Labute approximate surface area is 169 Å². The average Bonchev–Trinajstić information content (AvgIpc) is 3.15. The van der Waals surface area contributed by atoms with Crippen LogP contribution in [0.2, 0.25) is 0 Å². The Morgan fingerprint density at radius 2 is 1.86 bits per heavy atom. The summed E-state index contributed by atoms with van der Waals surface area (Å²) in [6, 6.07) is 14.7. The number of nitrogens with two attached hydrogens (primary N) is 1. The Kier molecular flexibility index (Phi) is 6.23. The van der Waals surface area contributed by atoms with Crippen LogP contribution in [0.5, 0.6) is 11.5 Å². The number of rotatable bonds is 7.